The van der Waals surface area contributed by atoms with E-state index in [0.29, 0.717) is 6.92 Å². The van der Waals surface area contributed by atoms with Crippen molar-refractivity contribution in [2.75, 3.05) is 0 Å². The van der Waals surface area contributed by atoms with Crippen molar-refractivity contribution in [3.05, 3.63) is 53.5 Å². The van der Waals surface area contributed by atoms with Gasteiger partial charge in [-0.3, -0.25) is 0 Å². The molecule has 0 aliphatic rings. The molecule has 0 amide bonds. The Kier molecular flexibility index (Phi) is 3.84. The van der Waals surface area contributed by atoms with E-state index in [2.05, 4.69) is 4.98 Å². The van der Waals surface area contributed by atoms with Gasteiger partial charge >= 0.3 is 5.97 Å². The topological polar surface area (TPSA) is 59.4 Å². The normalized spacial score (nSPS) is 11.2. The lowest BCUT2D eigenvalue weighted by atomic mass is 10.1. The predicted molar refractivity (Wildman–Crippen MR) is 67.2 cm³/mol. The summed E-state index contributed by atoms with van der Waals surface area (Å²) >= 11 is 0. The molecule has 1 heterocycles. The first-order valence-corrected chi connectivity index (χ1v) is 5.83. The molecule has 1 N–H and O–H groups in total. The number of hydrogen-bond donors (Lipinski definition) is 1. The number of rotatable bonds is 4. The van der Waals surface area contributed by atoms with Gasteiger partial charge in [0.25, 0.3) is 5.92 Å². The number of carboxylic acid groups (broad SMARTS) is 1. The molecule has 0 radical (unpaired) electrons. The third kappa shape index (κ3) is 3.50. The van der Waals surface area contributed by atoms with Crippen molar-refractivity contribution < 1.29 is 27.8 Å². The molecule has 0 aliphatic heterocycles. The number of nitrogens with zero attached hydrogens (tertiary/aromatic N) is 1. The zero-order valence-electron chi connectivity index (χ0n) is 10.8. The lowest BCUT2D eigenvalue weighted by Gasteiger charge is -2.15. The van der Waals surface area contributed by atoms with Gasteiger partial charge in [-0.2, -0.15) is 0 Å². The molecule has 1 aromatic heterocycles. The van der Waals surface area contributed by atoms with Crippen LogP contribution in [-0.2, 0) is 5.92 Å². The number of aromatic carboxylic acids is 1. The molecule has 0 bridgehead atoms. The monoisotopic (exact) mass is 297 g/mol. The zero-order chi connectivity index (χ0) is 15.6. The molecule has 0 atom stereocenters. The molecule has 0 fully saturated rings. The Balaban J connectivity index is 2.45. The number of ether oxygens (including phenoxy) is 1. The molecular formula is C14H10F3NO3. The van der Waals surface area contributed by atoms with Gasteiger partial charge in [-0.15, -0.1) is 0 Å². The number of halogens is 3. The van der Waals surface area contributed by atoms with E-state index in [1.807, 2.05) is 0 Å². The van der Waals surface area contributed by atoms with E-state index in [1.54, 1.807) is 0 Å². The van der Waals surface area contributed by atoms with Gasteiger partial charge in [0.2, 0.25) is 5.88 Å². The molecular weight excluding hydrogens is 287 g/mol. The van der Waals surface area contributed by atoms with E-state index in [4.69, 9.17) is 9.84 Å². The third-order valence-electron chi connectivity index (χ3n) is 2.58. The van der Waals surface area contributed by atoms with Crippen molar-refractivity contribution in [2.45, 2.75) is 12.8 Å². The first-order valence-electron chi connectivity index (χ1n) is 5.83. The average Bonchev–Trinajstić information content (AvgIpc) is 2.40. The summed E-state index contributed by atoms with van der Waals surface area (Å²) < 4.78 is 44.9. The number of aromatic nitrogens is 1. The van der Waals surface area contributed by atoms with E-state index in [0.717, 1.165) is 24.3 Å². The maximum absolute atomic E-state index is 13.5. The van der Waals surface area contributed by atoms with Crippen LogP contribution in [0.5, 0.6) is 11.6 Å². The van der Waals surface area contributed by atoms with Crippen LogP contribution in [0.2, 0.25) is 0 Å². The first-order chi connectivity index (χ1) is 9.77. The van der Waals surface area contributed by atoms with Gasteiger partial charge in [-0.05, 0) is 36.4 Å². The highest BCUT2D eigenvalue weighted by Crippen LogP contribution is 2.35. The smallest absolute Gasteiger partial charge is 0.354 e. The van der Waals surface area contributed by atoms with Gasteiger partial charge in [0.05, 0.1) is 5.56 Å². The predicted octanol–water partition coefficient (Wildman–Crippen LogP) is 3.82. The summed E-state index contributed by atoms with van der Waals surface area (Å²) in [7, 11) is 0. The summed E-state index contributed by atoms with van der Waals surface area (Å²) in [5.41, 5.74) is -0.989. The van der Waals surface area contributed by atoms with Gasteiger partial charge in [0.15, 0.2) is 5.69 Å². The summed E-state index contributed by atoms with van der Waals surface area (Å²) in [6, 6.07) is 6.52. The average molecular weight is 297 g/mol. The number of carboxylic acids is 1. The quantitative estimate of drug-likeness (QED) is 0.932. The fourth-order valence-corrected chi connectivity index (χ4v) is 1.59. The molecule has 0 unspecified atom stereocenters. The summed E-state index contributed by atoms with van der Waals surface area (Å²) in [6.07, 6.45) is 0. The van der Waals surface area contributed by atoms with Crippen molar-refractivity contribution in [3.63, 3.8) is 0 Å². The molecule has 0 aliphatic carbocycles. The van der Waals surface area contributed by atoms with Crippen molar-refractivity contribution in [1.29, 1.82) is 0 Å². The molecule has 7 heteroatoms. The van der Waals surface area contributed by atoms with Crippen LogP contribution < -0.4 is 4.74 Å². The van der Waals surface area contributed by atoms with Crippen LogP contribution in [0, 0.1) is 5.82 Å². The van der Waals surface area contributed by atoms with Crippen LogP contribution >= 0.6 is 0 Å². The second-order valence-electron chi connectivity index (χ2n) is 4.30. The molecule has 21 heavy (non-hydrogen) atoms. The van der Waals surface area contributed by atoms with Crippen molar-refractivity contribution in [1.82, 2.24) is 4.98 Å². The summed E-state index contributed by atoms with van der Waals surface area (Å²) in [6.45, 7) is 0.641. The second kappa shape index (κ2) is 5.43. The third-order valence-corrected chi connectivity index (χ3v) is 2.58. The molecule has 2 aromatic rings. The van der Waals surface area contributed by atoms with Crippen LogP contribution in [0.1, 0.15) is 23.0 Å². The molecule has 110 valence electrons. The molecule has 0 saturated heterocycles. The summed E-state index contributed by atoms with van der Waals surface area (Å²) in [5.74, 6) is -5.62. The van der Waals surface area contributed by atoms with Gasteiger partial charge in [-0.25, -0.2) is 22.9 Å². The zero-order valence-corrected chi connectivity index (χ0v) is 10.8. The first kappa shape index (κ1) is 14.8. The maximum Gasteiger partial charge on any atom is 0.354 e. The standard InChI is InChI=1S/C14H10F3NO3/c1-14(16,17)10-6-7-11(13(19)20)18-12(10)21-9-4-2-8(15)3-5-9/h2-7H,1H3,(H,19,20). The van der Waals surface area contributed by atoms with Crippen LogP contribution in [0.15, 0.2) is 36.4 Å². The molecule has 0 saturated carbocycles. The lowest BCUT2D eigenvalue weighted by Crippen LogP contribution is -2.12. The van der Waals surface area contributed by atoms with Crippen LogP contribution in [-0.4, -0.2) is 16.1 Å². The lowest BCUT2D eigenvalue weighted by molar-refractivity contribution is 0.0148. The number of pyridine rings is 1. The Morgan fingerprint density at radius 3 is 2.33 bits per heavy atom. The summed E-state index contributed by atoms with van der Waals surface area (Å²) in [5, 5.41) is 8.85. The highest BCUT2D eigenvalue weighted by molar-refractivity contribution is 5.85. The summed E-state index contributed by atoms with van der Waals surface area (Å²) in [4.78, 5) is 14.4. The Hall–Kier alpha value is -2.57. The van der Waals surface area contributed by atoms with Crippen molar-refractivity contribution in [2.24, 2.45) is 0 Å². The SMILES string of the molecule is CC(F)(F)c1ccc(C(=O)O)nc1Oc1ccc(F)cc1. The fourth-order valence-electron chi connectivity index (χ4n) is 1.59. The van der Waals surface area contributed by atoms with E-state index >= 15 is 0 Å². The number of carbonyl (C=O) groups is 1. The van der Waals surface area contributed by atoms with E-state index in [-0.39, 0.29) is 5.75 Å². The van der Waals surface area contributed by atoms with Gasteiger partial charge < -0.3 is 9.84 Å². The molecule has 2 rings (SSSR count). The number of hydrogen-bond acceptors (Lipinski definition) is 3. The van der Waals surface area contributed by atoms with Crippen molar-refractivity contribution >= 4 is 5.97 Å². The van der Waals surface area contributed by atoms with E-state index < -0.39 is 34.8 Å². The van der Waals surface area contributed by atoms with Crippen LogP contribution in [0.25, 0.3) is 0 Å². The fraction of sp³-hybridized carbons (Fsp3) is 0.143. The Labute approximate surface area is 117 Å². The number of benzene rings is 1. The highest BCUT2D eigenvalue weighted by atomic mass is 19.3. The van der Waals surface area contributed by atoms with E-state index in [9.17, 15) is 18.0 Å². The molecule has 1 aromatic carbocycles. The minimum atomic E-state index is -3.26. The van der Waals surface area contributed by atoms with Gasteiger partial charge in [-0.1, -0.05) is 0 Å². The minimum absolute atomic E-state index is 0.0666. The van der Waals surface area contributed by atoms with Crippen molar-refractivity contribution in [3.8, 4) is 11.6 Å². The maximum atomic E-state index is 13.5. The van der Waals surface area contributed by atoms with E-state index in [1.165, 1.54) is 12.1 Å². The van der Waals surface area contributed by atoms with Crippen LogP contribution in [0.3, 0.4) is 0 Å². The minimum Gasteiger partial charge on any atom is -0.477 e. The second-order valence-corrected chi connectivity index (χ2v) is 4.30. The largest absolute Gasteiger partial charge is 0.477 e. The Morgan fingerprint density at radius 2 is 1.81 bits per heavy atom. The van der Waals surface area contributed by atoms with Gasteiger partial charge in [0.1, 0.15) is 11.6 Å². The van der Waals surface area contributed by atoms with Crippen LogP contribution in [0.4, 0.5) is 13.2 Å². The molecule has 4 nitrogen and oxygen atoms in total. The number of alkyl halides is 2. The Morgan fingerprint density at radius 1 is 1.19 bits per heavy atom. The van der Waals surface area contributed by atoms with Gasteiger partial charge in [0, 0.05) is 6.92 Å². The highest BCUT2D eigenvalue weighted by Gasteiger charge is 2.30. The Bertz CT molecular complexity index is 666. The molecule has 0 spiro atoms.